The zero-order chi connectivity index (χ0) is 14.0. The summed E-state index contributed by atoms with van der Waals surface area (Å²) in [6, 6.07) is 2.33. The van der Waals surface area contributed by atoms with Crippen molar-refractivity contribution in [1.82, 2.24) is 0 Å². The van der Waals surface area contributed by atoms with Gasteiger partial charge in [0.15, 0.2) is 11.6 Å². The average molecular weight is 265 g/mol. The summed E-state index contributed by atoms with van der Waals surface area (Å²) in [5.41, 5.74) is -0.652. The van der Waals surface area contributed by atoms with E-state index in [9.17, 15) is 13.6 Å². The van der Waals surface area contributed by atoms with Gasteiger partial charge < -0.3 is 10.0 Å². The second-order valence-corrected chi connectivity index (χ2v) is 4.59. The number of carbonyl (C=O) groups is 1. The average Bonchev–Trinajstić information content (AvgIpc) is 3.15. The summed E-state index contributed by atoms with van der Waals surface area (Å²) in [5, 5.41) is 8.73. The standard InChI is InChI=1S/C14H13F2NO2/c1-2-7-17(8-9-3-4-9)11-6-5-10(14(18)19)12(15)13(11)16/h1,5-6,9H,3-4,7-8H2,(H,18,19). The van der Waals surface area contributed by atoms with Crippen LogP contribution < -0.4 is 4.90 Å². The largest absolute Gasteiger partial charge is 0.478 e. The number of nitrogens with zero attached hydrogens (tertiary/aromatic N) is 1. The van der Waals surface area contributed by atoms with Crippen molar-refractivity contribution < 1.29 is 18.7 Å². The maximum atomic E-state index is 13.9. The van der Waals surface area contributed by atoms with Crippen molar-refractivity contribution in [2.24, 2.45) is 5.92 Å². The number of terminal acetylenes is 1. The molecule has 2 rings (SSSR count). The van der Waals surface area contributed by atoms with Gasteiger partial charge in [-0.1, -0.05) is 5.92 Å². The third kappa shape index (κ3) is 2.84. The summed E-state index contributed by atoms with van der Waals surface area (Å²) < 4.78 is 27.6. The van der Waals surface area contributed by atoms with Crippen molar-refractivity contribution in [2.45, 2.75) is 12.8 Å². The van der Waals surface area contributed by atoms with Gasteiger partial charge in [-0.05, 0) is 30.9 Å². The quantitative estimate of drug-likeness (QED) is 0.832. The number of carboxylic acid groups (broad SMARTS) is 1. The zero-order valence-electron chi connectivity index (χ0n) is 10.2. The van der Waals surface area contributed by atoms with Gasteiger partial charge in [-0.3, -0.25) is 0 Å². The lowest BCUT2D eigenvalue weighted by Gasteiger charge is -2.23. The zero-order valence-corrected chi connectivity index (χ0v) is 10.2. The Balaban J connectivity index is 2.34. The molecule has 1 aromatic rings. The van der Waals surface area contributed by atoms with Crippen molar-refractivity contribution in [1.29, 1.82) is 0 Å². The Bertz CT molecular complexity index is 547. The van der Waals surface area contributed by atoms with E-state index in [1.165, 1.54) is 6.07 Å². The lowest BCUT2D eigenvalue weighted by atomic mass is 10.1. The first-order valence-corrected chi connectivity index (χ1v) is 5.94. The highest BCUT2D eigenvalue weighted by Crippen LogP contribution is 2.32. The predicted octanol–water partition coefficient (Wildman–Crippen LogP) is 2.51. The molecule has 0 aromatic heterocycles. The van der Waals surface area contributed by atoms with Crippen molar-refractivity contribution in [3.05, 3.63) is 29.3 Å². The Morgan fingerprint density at radius 1 is 1.42 bits per heavy atom. The molecular weight excluding hydrogens is 252 g/mol. The molecule has 0 heterocycles. The van der Waals surface area contributed by atoms with Crippen LogP contribution in [0.1, 0.15) is 23.2 Å². The smallest absolute Gasteiger partial charge is 0.338 e. The van der Waals surface area contributed by atoms with Crippen molar-refractivity contribution in [2.75, 3.05) is 18.0 Å². The molecule has 100 valence electrons. The van der Waals surface area contributed by atoms with Gasteiger partial charge in [-0.15, -0.1) is 6.42 Å². The van der Waals surface area contributed by atoms with Gasteiger partial charge in [0.2, 0.25) is 0 Å². The summed E-state index contributed by atoms with van der Waals surface area (Å²) in [4.78, 5) is 12.3. The summed E-state index contributed by atoms with van der Waals surface area (Å²) in [6.07, 6.45) is 7.34. The number of carboxylic acids is 1. The fraction of sp³-hybridized carbons (Fsp3) is 0.357. The van der Waals surface area contributed by atoms with Crippen LogP contribution in [0.5, 0.6) is 0 Å². The first-order valence-electron chi connectivity index (χ1n) is 5.94. The molecule has 1 aliphatic rings. The van der Waals surface area contributed by atoms with Gasteiger partial charge >= 0.3 is 5.97 Å². The molecule has 0 radical (unpaired) electrons. The predicted molar refractivity (Wildman–Crippen MR) is 67.1 cm³/mol. The molecule has 0 saturated heterocycles. The Hall–Kier alpha value is -2.09. The molecule has 0 atom stereocenters. The molecular formula is C14H13F2NO2. The number of hydrogen-bond donors (Lipinski definition) is 1. The minimum absolute atomic E-state index is 0.0207. The highest BCUT2D eigenvalue weighted by atomic mass is 19.2. The molecule has 0 unspecified atom stereocenters. The van der Waals surface area contributed by atoms with E-state index in [2.05, 4.69) is 5.92 Å². The highest BCUT2D eigenvalue weighted by Gasteiger charge is 2.27. The Labute approximate surface area is 109 Å². The SMILES string of the molecule is C#CCN(CC1CC1)c1ccc(C(=O)O)c(F)c1F. The molecule has 1 fully saturated rings. The van der Waals surface area contributed by atoms with Crippen LogP contribution in [-0.2, 0) is 0 Å². The monoisotopic (exact) mass is 265 g/mol. The maximum absolute atomic E-state index is 13.9. The first kappa shape index (κ1) is 13.3. The Morgan fingerprint density at radius 3 is 2.63 bits per heavy atom. The highest BCUT2D eigenvalue weighted by molar-refractivity contribution is 5.88. The minimum atomic E-state index is -1.49. The normalized spacial score (nSPS) is 13.9. The molecule has 0 aliphatic heterocycles. The molecule has 1 aromatic carbocycles. The van der Waals surface area contributed by atoms with E-state index in [0.717, 1.165) is 18.9 Å². The fourth-order valence-electron chi connectivity index (χ4n) is 1.92. The van der Waals surface area contributed by atoms with E-state index in [0.29, 0.717) is 12.5 Å². The molecule has 1 aliphatic carbocycles. The van der Waals surface area contributed by atoms with E-state index >= 15 is 0 Å². The molecule has 0 bridgehead atoms. The van der Waals surface area contributed by atoms with Crippen molar-refractivity contribution >= 4 is 11.7 Å². The summed E-state index contributed by atoms with van der Waals surface area (Å²) >= 11 is 0. The lowest BCUT2D eigenvalue weighted by Crippen LogP contribution is -2.27. The van der Waals surface area contributed by atoms with E-state index in [1.54, 1.807) is 4.90 Å². The molecule has 0 spiro atoms. The lowest BCUT2D eigenvalue weighted by molar-refractivity contribution is 0.0690. The van der Waals surface area contributed by atoms with Crippen LogP contribution in [-0.4, -0.2) is 24.2 Å². The van der Waals surface area contributed by atoms with Crippen LogP contribution in [0.3, 0.4) is 0 Å². The number of aromatic carboxylic acids is 1. The minimum Gasteiger partial charge on any atom is -0.478 e. The topological polar surface area (TPSA) is 40.5 Å². The fourth-order valence-corrected chi connectivity index (χ4v) is 1.92. The Kier molecular flexibility index (Phi) is 3.70. The van der Waals surface area contributed by atoms with Crippen LogP contribution in [0.4, 0.5) is 14.5 Å². The summed E-state index contributed by atoms with van der Waals surface area (Å²) in [6.45, 7) is 0.728. The van der Waals surface area contributed by atoms with Crippen LogP contribution in [0.25, 0.3) is 0 Å². The molecule has 1 saturated carbocycles. The molecule has 5 heteroatoms. The van der Waals surface area contributed by atoms with E-state index in [1.807, 2.05) is 0 Å². The van der Waals surface area contributed by atoms with Gasteiger partial charge in [0, 0.05) is 6.54 Å². The third-order valence-electron chi connectivity index (χ3n) is 3.09. The van der Waals surface area contributed by atoms with Crippen LogP contribution in [0.2, 0.25) is 0 Å². The maximum Gasteiger partial charge on any atom is 0.338 e. The molecule has 1 N–H and O–H groups in total. The van der Waals surface area contributed by atoms with Gasteiger partial charge in [-0.25, -0.2) is 13.6 Å². The van der Waals surface area contributed by atoms with Crippen LogP contribution in [0.15, 0.2) is 12.1 Å². The van der Waals surface area contributed by atoms with Crippen LogP contribution >= 0.6 is 0 Å². The van der Waals surface area contributed by atoms with Gasteiger partial charge in [0.05, 0.1) is 17.8 Å². The number of anilines is 1. The van der Waals surface area contributed by atoms with Gasteiger partial charge in [-0.2, -0.15) is 0 Å². The Morgan fingerprint density at radius 2 is 2.11 bits per heavy atom. The second kappa shape index (κ2) is 5.27. The van der Waals surface area contributed by atoms with Gasteiger partial charge in [0.25, 0.3) is 0 Å². The first-order chi connectivity index (χ1) is 9.04. The second-order valence-electron chi connectivity index (χ2n) is 4.59. The number of halogens is 2. The van der Waals surface area contributed by atoms with Crippen molar-refractivity contribution in [3.8, 4) is 12.3 Å². The number of rotatable bonds is 5. The molecule has 19 heavy (non-hydrogen) atoms. The summed E-state index contributed by atoms with van der Waals surface area (Å²) in [5.74, 6) is -1.14. The third-order valence-corrected chi connectivity index (χ3v) is 3.09. The van der Waals surface area contributed by atoms with Crippen LogP contribution in [0, 0.1) is 29.9 Å². The van der Waals surface area contributed by atoms with Gasteiger partial charge in [0.1, 0.15) is 0 Å². The van der Waals surface area contributed by atoms with Crippen molar-refractivity contribution in [3.63, 3.8) is 0 Å². The van der Waals surface area contributed by atoms with E-state index in [-0.39, 0.29) is 12.2 Å². The molecule has 3 nitrogen and oxygen atoms in total. The number of benzene rings is 1. The number of hydrogen-bond acceptors (Lipinski definition) is 2. The molecule has 0 amide bonds. The van der Waals surface area contributed by atoms with E-state index < -0.39 is 23.2 Å². The summed E-state index contributed by atoms with van der Waals surface area (Å²) in [7, 11) is 0. The van der Waals surface area contributed by atoms with E-state index in [4.69, 9.17) is 11.5 Å².